The van der Waals surface area contributed by atoms with E-state index in [1.807, 2.05) is 6.07 Å². The van der Waals surface area contributed by atoms with Crippen LogP contribution in [0.2, 0.25) is 0 Å². The van der Waals surface area contributed by atoms with Crippen LogP contribution < -0.4 is 4.72 Å². The summed E-state index contributed by atoms with van der Waals surface area (Å²) in [5.41, 5.74) is 0.708. The quantitative estimate of drug-likeness (QED) is 0.431. The van der Waals surface area contributed by atoms with Gasteiger partial charge in [-0.2, -0.15) is 5.26 Å². The molecule has 6 heteroatoms. The van der Waals surface area contributed by atoms with Crippen LogP contribution in [-0.4, -0.2) is 4.92 Å². The standard InChI is InChI=1S/C8H5N3O2S/c9-4-7-6-3-5(11(12)13)1-2-8(6)14-10-7/h1-3,7,10H. The number of non-ortho nitro benzene ring substituents is 1. The summed E-state index contributed by atoms with van der Waals surface area (Å²) in [7, 11) is 0. The highest BCUT2D eigenvalue weighted by atomic mass is 32.2. The Hall–Kier alpha value is -1.58. The number of rotatable bonds is 1. The molecule has 0 aliphatic carbocycles. The van der Waals surface area contributed by atoms with Crippen LogP contribution >= 0.6 is 11.9 Å². The highest BCUT2D eigenvalue weighted by Crippen LogP contribution is 2.36. The average molecular weight is 207 g/mol. The molecule has 0 radical (unpaired) electrons. The molecule has 0 spiro atoms. The number of nitrogens with one attached hydrogen (secondary N) is 1. The molecule has 14 heavy (non-hydrogen) atoms. The van der Waals surface area contributed by atoms with Gasteiger partial charge in [0.15, 0.2) is 0 Å². The van der Waals surface area contributed by atoms with Gasteiger partial charge in [-0.05, 0) is 18.0 Å². The molecule has 1 aliphatic heterocycles. The van der Waals surface area contributed by atoms with E-state index in [0.29, 0.717) is 5.56 Å². The van der Waals surface area contributed by atoms with Crippen molar-refractivity contribution in [1.82, 2.24) is 4.72 Å². The Bertz CT molecular complexity index is 441. The van der Waals surface area contributed by atoms with Crippen LogP contribution in [0.5, 0.6) is 0 Å². The Labute approximate surface area is 84.0 Å². The molecule has 1 N–H and O–H groups in total. The average Bonchev–Trinajstić information content (AvgIpc) is 2.59. The number of hydrogen-bond acceptors (Lipinski definition) is 5. The van der Waals surface area contributed by atoms with Crippen molar-refractivity contribution in [3.63, 3.8) is 0 Å². The smallest absolute Gasteiger partial charge is 0.258 e. The van der Waals surface area contributed by atoms with Crippen LogP contribution in [0.3, 0.4) is 0 Å². The molecule has 1 heterocycles. The number of nitrogens with zero attached hydrogens (tertiary/aromatic N) is 2. The highest BCUT2D eigenvalue weighted by molar-refractivity contribution is 7.97. The molecular formula is C8H5N3O2S. The van der Waals surface area contributed by atoms with E-state index in [-0.39, 0.29) is 5.69 Å². The molecular weight excluding hydrogens is 202 g/mol. The molecule has 5 nitrogen and oxygen atoms in total. The summed E-state index contributed by atoms with van der Waals surface area (Å²) < 4.78 is 2.87. The molecule has 0 bridgehead atoms. The Morgan fingerprint density at radius 2 is 2.43 bits per heavy atom. The van der Waals surface area contributed by atoms with E-state index in [4.69, 9.17) is 5.26 Å². The van der Waals surface area contributed by atoms with E-state index < -0.39 is 11.0 Å². The number of nitro groups is 1. The largest absolute Gasteiger partial charge is 0.269 e. The predicted molar refractivity (Wildman–Crippen MR) is 50.4 cm³/mol. The maximum atomic E-state index is 10.5. The molecule has 0 fully saturated rings. The molecule has 1 aliphatic rings. The van der Waals surface area contributed by atoms with E-state index in [9.17, 15) is 10.1 Å². The van der Waals surface area contributed by atoms with E-state index in [1.165, 1.54) is 24.1 Å². The topological polar surface area (TPSA) is 79.0 Å². The molecule has 1 aromatic rings. The van der Waals surface area contributed by atoms with Crippen molar-refractivity contribution in [2.75, 3.05) is 0 Å². The first kappa shape index (κ1) is 8.99. The zero-order chi connectivity index (χ0) is 10.1. The van der Waals surface area contributed by atoms with Gasteiger partial charge in [-0.1, -0.05) is 0 Å². The summed E-state index contributed by atoms with van der Waals surface area (Å²) in [6.07, 6.45) is 0. The van der Waals surface area contributed by atoms with Gasteiger partial charge in [0, 0.05) is 22.6 Å². The Morgan fingerprint density at radius 3 is 3.07 bits per heavy atom. The minimum atomic E-state index is -0.461. The number of nitriles is 1. The van der Waals surface area contributed by atoms with Crippen LogP contribution in [0.15, 0.2) is 23.1 Å². The first-order chi connectivity index (χ1) is 6.72. The highest BCUT2D eigenvalue weighted by Gasteiger charge is 2.24. The molecule has 1 atom stereocenters. The molecule has 0 aromatic heterocycles. The van der Waals surface area contributed by atoms with Crippen molar-refractivity contribution in [2.45, 2.75) is 10.9 Å². The maximum absolute atomic E-state index is 10.5. The van der Waals surface area contributed by atoms with Gasteiger partial charge in [0.25, 0.3) is 5.69 Å². The van der Waals surface area contributed by atoms with E-state index in [1.54, 1.807) is 6.07 Å². The molecule has 0 saturated carbocycles. The molecule has 1 aromatic carbocycles. The lowest BCUT2D eigenvalue weighted by atomic mass is 10.1. The summed E-state index contributed by atoms with van der Waals surface area (Å²) in [5.74, 6) is 0. The first-order valence-electron chi connectivity index (χ1n) is 3.82. The number of nitro benzene ring substituents is 1. The minimum absolute atomic E-state index is 0.0216. The predicted octanol–water partition coefficient (Wildman–Crippen LogP) is 1.77. The fraction of sp³-hybridized carbons (Fsp3) is 0.125. The third-order valence-corrected chi connectivity index (χ3v) is 2.88. The summed E-state index contributed by atoms with van der Waals surface area (Å²) >= 11 is 1.33. The molecule has 2 rings (SSSR count). The lowest BCUT2D eigenvalue weighted by Crippen LogP contribution is -2.04. The van der Waals surface area contributed by atoms with E-state index in [2.05, 4.69) is 4.72 Å². The zero-order valence-electron chi connectivity index (χ0n) is 6.93. The van der Waals surface area contributed by atoms with E-state index in [0.717, 1.165) is 4.90 Å². The normalized spacial score (nSPS) is 18.6. The minimum Gasteiger partial charge on any atom is -0.258 e. The third kappa shape index (κ3) is 1.32. The summed E-state index contributed by atoms with van der Waals surface area (Å²) in [4.78, 5) is 10.9. The Balaban J connectivity index is 2.49. The lowest BCUT2D eigenvalue weighted by molar-refractivity contribution is -0.385. The monoisotopic (exact) mass is 207 g/mol. The SMILES string of the molecule is N#CC1NSc2ccc([N+](=O)[O-])cc21. The number of benzene rings is 1. The van der Waals surface area contributed by atoms with Gasteiger partial charge in [0.1, 0.15) is 6.04 Å². The van der Waals surface area contributed by atoms with Crippen LogP contribution in [0.25, 0.3) is 0 Å². The van der Waals surface area contributed by atoms with Crippen molar-refractivity contribution in [2.24, 2.45) is 0 Å². The molecule has 0 amide bonds. The number of hydrogen-bond donors (Lipinski definition) is 1. The van der Waals surface area contributed by atoms with Gasteiger partial charge in [-0.3, -0.25) is 10.1 Å². The van der Waals surface area contributed by atoms with Gasteiger partial charge in [-0.15, -0.1) is 0 Å². The third-order valence-electron chi connectivity index (χ3n) is 1.93. The van der Waals surface area contributed by atoms with Crippen molar-refractivity contribution < 1.29 is 4.92 Å². The summed E-state index contributed by atoms with van der Waals surface area (Å²) in [5, 5.41) is 19.2. The van der Waals surface area contributed by atoms with Gasteiger partial charge in [0.2, 0.25) is 0 Å². The maximum Gasteiger partial charge on any atom is 0.269 e. The van der Waals surface area contributed by atoms with Crippen LogP contribution in [0.1, 0.15) is 11.6 Å². The second-order valence-corrected chi connectivity index (χ2v) is 3.64. The second kappa shape index (κ2) is 3.29. The Morgan fingerprint density at radius 1 is 1.64 bits per heavy atom. The second-order valence-electron chi connectivity index (χ2n) is 2.76. The van der Waals surface area contributed by atoms with Gasteiger partial charge >= 0.3 is 0 Å². The first-order valence-corrected chi connectivity index (χ1v) is 4.64. The Kier molecular flexibility index (Phi) is 2.11. The summed E-state index contributed by atoms with van der Waals surface area (Å²) in [6.45, 7) is 0. The van der Waals surface area contributed by atoms with Crippen molar-refractivity contribution in [1.29, 1.82) is 5.26 Å². The fourth-order valence-electron chi connectivity index (χ4n) is 1.25. The van der Waals surface area contributed by atoms with Crippen molar-refractivity contribution in [3.8, 4) is 6.07 Å². The molecule has 0 saturated heterocycles. The van der Waals surface area contributed by atoms with Gasteiger partial charge in [0.05, 0.1) is 11.0 Å². The molecule has 1 unspecified atom stereocenters. The van der Waals surface area contributed by atoms with Crippen molar-refractivity contribution >= 4 is 17.6 Å². The molecule has 70 valence electrons. The zero-order valence-corrected chi connectivity index (χ0v) is 7.75. The lowest BCUT2D eigenvalue weighted by Gasteiger charge is -1.99. The number of fused-ring (bicyclic) bond motifs is 1. The van der Waals surface area contributed by atoms with Gasteiger partial charge < -0.3 is 0 Å². The fourth-order valence-corrected chi connectivity index (χ4v) is 2.10. The van der Waals surface area contributed by atoms with E-state index >= 15 is 0 Å². The summed E-state index contributed by atoms with van der Waals surface area (Å²) in [6, 6.07) is 6.12. The van der Waals surface area contributed by atoms with Crippen LogP contribution in [-0.2, 0) is 0 Å². The van der Waals surface area contributed by atoms with Crippen LogP contribution in [0.4, 0.5) is 5.69 Å². The van der Waals surface area contributed by atoms with Crippen LogP contribution in [0, 0.1) is 21.4 Å². The van der Waals surface area contributed by atoms with Gasteiger partial charge in [-0.25, -0.2) is 4.72 Å². The van der Waals surface area contributed by atoms with Crippen molar-refractivity contribution in [3.05, 3.63) is 33.9 Å².